The van der Waals surface area contributed by atoms with Gasteiger partial charge in [-0.15, -0.1) is 0 Å². The van der Waals surface area contributed by atoms with Crippen LogP contribution in [0.15, 0.2) is 0 Å². The standard InChI is InChI=1S/C15H23F2N3O4/c16-15(17)4-2-1-3-10(15)12(22)19-9-14(24)5-7-20(8-6-14)13(23)11(18)21/h10,24H,1-9H2,(H2,18,21)(H,19,22). The summed E-state index contributed by atoms with van der Waals surface area (Å²) in [5.41, 5.74) is 3.64. The smallest absolute Gasteiger partial charge is 0.311 e. The second-order valence-electron chi connectivity index (χ2n) is 6.66. The van der Waals surface area contributed by atoms with E-state index >= 15 is 0 Å². The summed E-state index contributed by atoms with van der Waals surface area (Å²) < 4.78 is 27.6. The van der Waals surface area contributed by atoms with E-state index in [0.717, 1.165) is 0 Å². The van der Waals surface area contributed by atoms with Gasteiger partial charge in [-0.25, -0.2) is 8.78 Å². The number of hydrogen-bond acceptors (Lipinski definition) is 4. The van der Waals surface area contributed by atoms with Gasteiger partial charge < -0.3 is 21.1 Å². The number of primary amides is 1. The molecule has 0 spiro atoms. The topological polar surface area (TPSA) is 113 Å². The Balaban J connectivity index is 1.85. The van der Waals surface area contributed by atoms with Crippen LogP contribution in [0, 0.1) is 5.92 Å². The number of nitrogens with one attached hydrogen (secondary N) is 1. The fourth-order valence-corrected chi connectivity index (χ4v) is 3.25. The lowest BCUT2D eigenvalue weighted by Gasteiger charge is -2.38. The second kappa shape index (κ2) is 7.00. The van der Waals surface area contributed by atoms with E-state index in [2.05, 4.69) is 5.32 Å². The third kappa shape index (κ3) is 4.19. The Morgan fingerprint density at radius 2 is 1.79 bits per heavy atom. The van der Waals surface area contributed by atoms with Crippen LogP contribution in [0.25, 0.3) is 0 Å². The predicted molar refractivity (Wildman–Crippen MR) is 79.9 cm³/mol. The van der Waals surface area contributed by atoms with Crippen molar-refractivity contribution in [3.63, 3.8) is 0 Å². The van der Waals surface area contributed by atoms with Crippen LogP contribution in [0.5, 0.6) is 0 Å². The second-order valence-corrected chi connectivity index (χ2v) is 6.66. The largest absolute Gasteiger partial charge is 0.388 e. The number of halogens is 2. The molecule has 1 heterocycles. The summed E-state index contributed by atoms with van der Waals surface area (Å²) in [6, 6.07) is 0. The molecule has 9 heteroatoms. The molecule has 1 saturated heterocycles. The van der Waals surface area contributed by atoms with Crippen molar-refractivity contribution < 1.29 is 28.3 Å². The molecule has 4 N–H and O–H groups in total. The molecule has 2 aliphatic rings. The summed E-state index contributed by atoms with van der Waals surface area (Å²) >= 11 is 0. The van der Waals surface area contributed by atoms with Gasteiger partial charge in [0.25, 0.3) is 5.92 Å². The number of carbonyl (C=O) groups is 3. The van der Waals surface area contributed by atoms with Crippen molar-refractivity contribution in [1.82, 2.24) is 10.2 Å². The van der Waals surface area contributed by atoms with Gasteiger partial charge in [-0.05, 0) is 25.7 Å². The first kappa shape index (κ1) is 18.6. The molecular formula is C15H23F2N3O4. The van der Waals surface area contributed by atoms with Crippen molar-refractivity contribution >= 4 is 17.7 Å². The monoisotopic (exact) mass is 347 g/mol. The molecule has 1 atom stereocenters. The quantitative estimate of drug-likeness (QED) is 0.612. The molecule has 0 aromatic carbocycles. The Morgan fingerprint density at radius 1 is 1.17 bits per heavy atom. The first-order valence-electron chi connectivity index (χ1n) is 8.11. The third-order valence-corrected chi connectivity index (χ3v) is 4.86. The van der Waals surface area contributed by atoms with E-state index in [1.165, 1.54) is 4.90 Å². The van der Waals surface area contributed by atoms with E-state index in [-0.39, 0.29) is 45.3 Å². The van der Waals surface area contributed by atoms with Crippen LogP contribution in [0.1, 0.15) is 38.5 Å². The maximum atomic E-state index is 13.8. The molecule has 1 aliphatic heterocycles. The Kier molecular flexibility index (Phi) is 5.42. The van der Waals surface area contributed by atoms with Crippen molar-refractivity contribution in [2.45, 2.75) is 50.0 Å². The van der Waals surface area contributed by atoms with E-state index in [1.54, 1.807) is 0 Å². The van der Waals surface area contributed by atoms with Gasteiger partial charge in [0.05, 0.1) is 5.60 Å². The van der Waals surface area contributed by atoms with Crippen LogP contribution in [0.3, 0.4) is 0 Å². The molecule has 2 rings (SSSR count). The Labute approximate surface area is 138 Å². The maximum Gasteiger partial charge on any atom is 0.311 e. The number of aliphatic hydroxyl groups is 1. The molecule has 3 amide bonds. The lowest BCUT2D eigenvalue weighted by molar-refractivity contribution is -0.149. The number of likely N-dealkylation sites (tertiary alicyclic amines) is 1. The van der Waals surface area contributed by atoms with Crippen LogP contribution in [0.4, 0.5) is 8.78 Å². The summed E-state index contributed by atoms with van der Waals surface area (Å²) in [4.78, 5) is 35.6. The number of amides is 3. The van der Waals surface area contributed by atoms with E-state index in [9.17, 15) is 28.3 Å². The SMILES string of the molecule is NC(=O)C(=O)N1CCC(O)(CNC(=O)C2CCCCC2(F)F)CC1. The zero-order chi connectivity index (χ0) is 18.0. The Morgan fingerprint density at radius 3 is 2.33 bits per heavy atom. The zero-order valence-corrected chi connectivity index (χ0v) is 13.4. The maximum absolute atomic E-state index is 13.8. The molecule has 0 aromatic heterocycles. The van der Waals surface area contributed by atoms with Crippen molar-refractivity contribution in [2.24, 2.45) is 11.7 Å². The first-order valence-corrected chi connectivity index (χ1v) is 8.11. The molecule has 0 radical (unpaired) electrons. The van der Waals surface area contributed by atoms with Gasteiger partial charge in [0.15, 0.2) is 0 Å². The van der Waals surface area contributed by atoms with Crippen LogP contribution in [-0.4, -0.2) is 58.9 Å². The van der Waals surface area contributed by atoms with E-state index in [0.29, 0.717) is 12.8 Å². The summed E-state index contributed by atoms with van der Waals surface area (Å²) in [5.74, 6) is -6.99. The number of nitrogens with two attached hydrogens (primary N) is 1. The molecule has 0 aromatic rings. The molecule has 1 saturated carbocycles. The summed E-state index contributed by atoms with van der Waals surface area (Å²) in [6.45, 7) is 0.0818. The van der Waals surface area contributed by atoms with E-state index in [1.807, 2.05) is 0 Å². The number of alkyl halides is 2. The van der Waals surface area contributed by atoms with Crippen LogP contribution in [-0.2, 0) is 14.4 Å². The third-order valence-electron chi connectivity index (χ3n) is 4.86. The zero-order valence-electron chi connectivity index (χ0n) is 13.4. The number of hydrogen-bond donors (Lipinski definition) is 3. The summed E-state index contributed by atoms with van der Waals surface area (Å²) in [5, 5.41) is 12.9. The average molecular weight is 347 g/mol. The minimum atomic E-state index is -3.01. The highest BCUT2D eigenvalue weighted by Crippen LogP contribution is 2.38. The molecule has 7 nitrogen and oxygen atoms in total. The molecule has 1 aliphatic carbocycles. The van der Waals surface area contributed by atoms with Crippen molar-refractivity contribution in [3.8, 4) is 0 Å². The van der Waals surface area contributed by atoms with Gasteiger partial charge in [0, 0.05) is 26.1 Å². The van der Waals surface area contributed by atoms with Crippen molar-refractivity contribution in [1.29, 1.82) is 0 Å². The lowest BCUT2D eigenvalue weighted by atomic mass is 9.84. The van der Waals surface area contributed by atoms with Crippen molar-refractivity contribution in [3.05, 3.63) is 0 Å². The summed E-state index contributed by atoms with van der Waals surface area (Å²) in [6.07, 6.45) is 1.10. The van der Waals surface area contributed by atoms with Gasteiger partial charge in [-0.2, -0.15) is 0 Å². The fraction of sp³-hybridized carbons (Fsp3) is 0.800. The predicted octanol–water partition coefficient (Wildman–Crippen LogP) is -0.233. The highest BCUT2D eigenvalue weighted by Gasteiger charge is 2.46. The Hall–Kier alpha value is -1.77. The molecule has 2 fully saturated rings. The van der Waals surface area contributed by atoms with Crippen LogP contribution >= 0.6 is 0 Å². The van der Waals surface area contributed by atoms with E-state index in [4.69, 9.17) is 5.73 Å². The van der Waals surface area contributed by atoms with Gasteiger partial charge >= 0.3 is 11.8 Å². The molecular weight excluding hydrogens is 324 g/mol. The Bertz CT molecular complexity index is 519. The fourth-order valence-electron chi connectivity index (χ4n) is 3.25. The normalized spacial score (nSPS) is 25.8. The lowest BCUT2D eigenvalue weighted by Crippen LogP contribution is -2.55. The number of nitrogens with zero attached hydrogens (tertiary/aromatic N) is 1. The minimum Gasteiger partial charge on any atom is -0.388 e. The van der Waals surface area contributed by atoms with E-state index < -0.39 is 35.2 Å². The van der Waals surface area contributed by atoms with Gasteiger partial charge in [0.2, 0.25) is 5.91 Å². The molecule has 136 valence electrons. The highest BCUT2D eigenvalue weighted by atomic mass is 19.3. The van der Waals surface area contributed by atoms with Gasteiger partial charge in [-0.1, -0.05) is 6.42 Å². The van der Waals surface area contributed by atoms with Crippen LogP contribution < -0.4 is 11.1 Å². The highest BCUT2D eigenvalue weighted by molar-refractivity contribution is 6.34. The molecule has 0 bridgehead atoms. The first-order chi connectivity index (χ1) is 11.1. The van der Waals surface area contributed by atoms with Crippen molar-refractivity contribution in [2.75, 3.05) is 19.6 Å². The van der Waals surface area contributed by atoms with Gasteiger partial charge in [-0.3, -0.25) is 14.4 Å². The number of piperidine rings is 1. The minimum absolute atomic E-state index is 0.119. The summed E-state index contributed by atoms with van der Waals surface area (Å²) in [7, 11) is 0. The number of carbonyl (C=O) groups excluding carboxylic acids is 3. The molecule has 1 unspecified atom stereocenters. The average Bonchev–Trinajstić information content (AvgIpc) is 2.52. The van der Waals surface area contributed by atoms with Crippen LogP contribution in [0.2, 0.25) is 0 Å². The number of rotatable bonds is 3. The molecule has 24 heavy (non-hydrogen) atoms. The van der Waals surface area contributed by atoms with Gasteiger partial charge in [0.1, 0.15) is 5.92 Å².